The molecule has 0 aliphatic heterocycles. The minimum absolute atomic E-state index is 0.428. The Morgan fingerprint density at radius 1 is 1.00 bits per heavy atom. The molecule has 1 aromatic heterocycles. The van der Waals surface area contributed by atoms with Crippen LogP contribution < -0.4 is 5.73 Å². The fourth-order valence-electron chi connectivity index (χ4n) is 1.56. The number of furan rings is 1. The first kappa shape index (κ1) is 11.0. The van der Waals surface area contributed by atoms with Gasteiger partial charge in [-0.3, -0.25) is 0 Å². The van der Waals surface area contributed by atoms with Gasteiger partial charge < -0.3 is 10.2 Å². The molecule has 2 nitrogen and oxygen atoms in total. The zero-order valence-corrected chi connectivity index (χ0v) is 9.95. The van der Waals surface area contributed by atoms with E-state index >= 15 is 0 Å². The summed E-state index contributed by atoms with van der Waals surface area (Å²) in [5, 5.41) is 0. The number of nitrogens with two attached hydrogens (primary N) is 1. The first-order valence-electron chi connectivity index (χ1n) is 5.43. The third-order valence-corrected chi connectivity index (χ3v) is 2.58. The second kappa shape index (κ2) is 3.80. The Balaban J connectivity index is 2.35. The molecule has 0 amide bonds. The molecular formula is C14H17NO. The highest BCUT2D eigenvalue weighted by atomic mass is 16.3. The predicted molar refractivity (Wildman–Crippen MR) is 66.1 cm³/mol. The van der Waals surface area contributed by atoms with Crippen LogP contribution in [0.3, 0.4) is 0 Å². The van der Waals surface area contributed by atoms with Crippen LogP contribution in [0.2, 0.25) is 0 Å². The van der Waals surface area contributed by atoms with Crippen molar-refractivity contribution in [2.45, 2.75) is 26.3 Å². The third kappa shape index (κ3) is 2.17. The van der Waals surface area contributed by atoms with E-state index in [9.17, 15) is 0 Å². The van der Waals surface area contributed by atoms with Crippen LogP contribution in [0.15, 0.2) is 40.8 Å². The summed E-state index contributed by atoms with van der Waals surface area (Å²) in [6, 6.07) is 12.2. The molecule has 1 aromatic carbocycles. The Labute approximate surface area is 96.1 Å². The summed E-state index contributed by atoms with van der Waals surface area (Å²) in [5.41, 5.74) is 7.88. The molecule has 0 aliphatic carbocycles. The molecule has 0 saturated heterocycles. The average Bonchev–Trinajstić information content (AvgIpc) is 2.67. The monoisotopic (exact) mass is 215 g/mol. The van der Waals surface area contributed by atoms with Gasteiger partial charge in [-0.2, -0.15) is 0 Å². The van der Waals surface area contributed by atoms with Crippen molar-refractivity contribution in [1.82, 2.24) is 0 Å². The van der Waals surface area contributed by atoms with Gasteiger partial charge >= 0.3 is 0 Å². The molecule has 2 heteroatoms. The van der Waals surface area contributed by atoms with E-state index in [1.54, 1.807) is 0 Å². The quantitative estimate of drug-likeness (QED) is 0.833. The largest absolute Gasteiger partial charge is 0.459 e. The van der Waals surface area contributed by atoms with Crippen LogP contribution in [-0.2, 0) is 5.54 Å². The van der Waals surface area contributed by atoms with Crippen molar-refractivity contribution in [3.05, 3.63) is 47.7 Å². The minimum atomic E-state index is -0.428. The van der Waals surface area contributed by atoms with Crippen molar-refractivity contribution >= 4 is 0 Å². The van der Waals surface area contributed by atoms with Crippen LogP contribution in [0.5, 0.6) is 0 Å². The molecule has 0 radical (unpaired) electrons. The zero-order valence-electron chi connectivity index (χ0n) is 9.95. The van der Waals surface area contributed by atoms with Gasteiger partial charge in [0.25, 0.3) is 0 Å². The van der Waals surface area contributed by atoms with E-state index in [0.717, 1.165) is 17.1 Å². The molecule has 0 bridgehead atoms. The smallest absolute Gasteiger partial charge is 0.134 e. The molecule has 0 unspecified atom stereocenters. The lowest BCUT2D eigenvalue weighted by Crippen LogP contribution is -2.27. The standard InChI is InChI=1S/C14H17NO/c1-10-4-6-11(7-5-10)12-8-9-13(16-12)14(2,3)15/h4-9H,15H2,1-3H3. The van der Waals surface area contributed by atoms with Gasteiger partial charge in [-0.15, -0.1) is 0 Å². The van der Waals surface area contributed by atoms with Gasteiger partial charge in [-0.1, -0.05) is 29.8 Å². The Kier molecular flexibility index (Phi) is 2.60. The number of rotatable bonds is 2. The van der Waals surface area contributed by atoms with E-state index in [4.69, 9.17) is 10.2 Å². The fourth-order valence-corrected chi connectivity index (χ4v) is 1.56. The molecule has 2 aromatic rings. The fraction of sp³-hybridized carbons (Fsp3) is 0.286. The number of aryl methyl sites for hydroxylation is 1. The summed E-state index contributed by atoms with van der Waals surface area (Å²) < 4.78 is 5.75. The Bertz CT molecular complexity index is 474. The van der Waals surface area contributed by atoms with Crippen LogP contribution in [-0.4, -0.2) is 0 Å². The molecular weight excluding hydrogens is 198 g/mol. The van der Waals surface area contributed by atoms with Gasteiger partial charge in [0.05, 0.1) is 5.54 Å². The first-order chi connectivity index (χ1) is 7.47. The van der Waals surface area contributed by atoms with Crippen molar-refractivity contribution in [2.24, 2.45) is 5.73 Å². The summed E-state index contributed by atoms with van der Waals surface area (Å²) in [5.74, 6) is 1.68. The minimum Gasteiger partial charge on any atom is -0.459 e. The maximum absolute atomic E-state index is 5.98. The Morgan fingerprint density at radius 2 is 1.62 bits per heavy atom. The molecule has 16 heavy (non-hydrogen) atoms. The van der Waals surface area contributed by atoms with Crippen molar-refractivity contribution < 1.29 is 4.42 Å². The van der Waals surface area contributed by atoms with E-state index in [-0.39, 0.29) is 0 Å². The highest BCUT2D eigenvalue weighted by Gasteiger charge is 2.18. The van der Waals surface area contributed by atoms with Crippen LogP contribution in [0.1, 0.15) is 25.2 Å². The predicted octanol–water partition coefficient (Wildman–Crippen LogP) is 3.45. The van der Waals surface area contributed by atoms with E-state index in [2.05, 4.69) is 31.2 Å². The third-order valence-electron chi connectivity index (χ3n) is 2.58. The maximum Gasteiger partial charge on any atom is 0.134 e. The SMILES string of the molecule is Cc1ccc(-c2ccc(C(C)(C)N)o2)cc1. The van der Waals surface area contributed by atoms with E-state index in [1.807, 2.05) is 26.0 Å². The Hall–Kier alpha value is -1.54. The normalized spacial score (nSPS) is 11.8. The lowest BCUT2D eigenvalue weighted by molar-refractivity contribution is 0.401. The molecule has 2 N–H and O–H groups in total. The maximum atomic E-state index is 5.98. The van der Waals surface area contributed by atoms with Gasteiger partial charge in [-0.25, -0.2) is 0 Å². The summed E-state index contributed by atoms with van der Waals surface area (Å²) in [4.78, 5) is 0. The van der Waals surface area contributed by atoms with Gasteiger partial charge in [0.2, 0.25) is 0 Å². The molecule has 0 aliphatic rings. The highest BCUT2D eigenvalue weighted by Crippen LogP contribution is 2.26. The summed E-state index contributed by atoms with van der Waals surface area (Å²) in [6.07, 6.45) is 0. The molecule has 84 valence electrons. The molecule has 1 heterocycles. The summed E-state index contributed by atoms with van der Waals surface area (Å²) in [6.45, 7) is 5.94. The molecule has 2 rings (SSSR count). The van der Waals surface area contributed by atoms with Crippen LogP contribution in [0.25, 0.3) is 11.3 Å². The second-order valence-electron chi connectivity index (χ2n) is 4.75. The van der Waals surface area contributed by atoms with Crippen molar-refractivity contribution in [3.63, 3.8) is 0 Å². The summed E-state index contributed by atoms with van der Waals surface area (Å²) >= 11 is 0. The number of hydrogen-bond donors (Lipinski definition) is 1. The zero-order chi connectivity index (χ0) is 11.8. The van der Waals surface area contributed by atoms with Crippen LogP contribution in [0, 0.1) is 6.92 Å². The van der Waals surface area contributed by atoms with Gasteiger partial charge in [0.15, 0.2) is 0 Å². The number of benzene rings is 1. The van der Waals surface area contributed by atoms with E-state index in [1.165, 1.54) is 5.56 Å². The Morgan fingerprint density at radius 3 is 2.12 bits per heavy atom. The average molecular weight is 215 g/mol. The molecule has 0 spiro atoms. The molecule has 0 saturated carbocycles. The molecule has 0 fully saturated rings. The lowest BCUT2D eigenvalue weighted by Gasteiger charge is -2.14. The van der Waals surface area contributed by atoms with Gasteiger partial charge in [0.1, 0.15) is 11.5 Å². The topological polar surface area (TPSA) is 39.2 Å². The lowest BCUT2D eigenvalue weighted by atomic mass is 10.0. The van der Waals surface area contributed by atoms with E-state index < -0.39 is 5.54 Å². The van der Waals surface area contributed by atoms with E-state index in [0.29, 0.717) is 0 Å². The van der Waals surface area contributed by atoms with Crippen LogP contribution in [0.4, 0.5) is 0 Å². The van der Waals surface area contributed by atoms with Crippen molar-refractivity contribution in [1.29, 1.82) is 0 Å². The second-order valence-corrected chi connectivity index (χ2v) is 4.75. The first-order valence-corrected chi connectivity index (χ1v) is 5.43. The van der Waals surface area contributed by atoms with Gasteiger partial charge in [-0.05, 0) is 32.9 Å². The highest BCUT2D eigenvalue weighted by molar-refractivity contribution is 5.58. The molecule has 0 atom stereocenters. The van der Waals surface area contributed by atoms with Crippen molar-refractivity contribution in [3.8, 4) is 11.3 Å². The van der Waals surface area contributed by atoms with Gasteiger partial charge in [0, 0.05) is 5.56 Å². The summed E-state index contributed by atoms with van der Waals surface area (Å²) in [7, 11) is 0. The van der Waals surface area contributed by atoms with Crippen molar-refractivity contribution in [2.75, 3.05) is 0 Å². The van der Waals surface area contributed by atoms with Crippen LogP contribution >= 0.6 is 0 Å². The number of hydrogen-bond acceptors (Lipinski definition) is 2.